The molecule has 1 aromatic heterocycles. The molecule has 3 rings (SSSR count). The summed E-state index contributed by atoms with van der Waals surface area (Å²) in [6.45, 7) is 4.03. The van der Waals surface area contributed by atoms with Crippen LogP contribution in [-0.2, 0) is 9.53 Å². The highest BCUT2D eigenvalue weighted by atomic mass is 79.9. The number of carbonyl (C=O) groups is 1. The zero-order valence-corrected chi connectivity index (χ0v) is 16.2. The minimum Gasteiger partial charge on any atom is -0.493 e. The largest absolute Gasteiger partial charge is 0.493 e. The summed E-state index contributed by atoms with van der Waals surface area (Å²) in [7, 11) is 1.57. The first-order chi connectivity index (χ1) is 12.5. The van der Waals surface area contributed by atoms with Crippen molar-refractivity contribution in [1.82, 2.24) is 0 Å². The molecule has 1 aliphatic heterocycles. The third-order valence-electron chi connectivity index (χ3n) is 3.80. The van der Waals surface area contributed by atoms with E-state index < -0.39 is 5.97 Å². The number of hydrogen-bond acceptors (Lipinski definition) is 6. The molecule has 2 heterocycles. The fourth-order valence-electron chi connectivity index (χ4n) is 2.29. The molecule has 0 aliphatic carbocycles. The highest BCUT2D eigenvalue weighted by molar-refractivity contribution is 9.10. The van der Waals surface area contributed by atoms with Gasteiger partial charge in [0.05, 0.1) is 23.9 Å². The van der Waals surface area contributed by atoms with E-state index in [9.17, 15) is 4.79 Å². The van der Waals surface area contributed by atoms with E-state index in [1.54, 1.807) is 31.4 Å². The lowest BCUT2D eigenvalue weighted by molar-refractivity contribution is -0.130. The maximum Gasteiger partial charge on any atom is 0.363 e. The van der Waals surface area contributed by atoms with Gasteiger partial charge in [0.25, 0.3) is 5.90 Å². The Labute approximate surface area is 159 Å². The fraction of sp³-hybridized carbons (Fsp3) is 0.263. The van der Waals surface area contributed by atoms with Crippen molar-refractivity contribution in [2.24, 2.45) is 4.99 Å². The standard InChI is InChI=1S/C19H18BrNO5/c1-4-11(2)25-17-13(20)8-12(10-16(17)23-3)9-14-19(22)26-18(21-14)15-6-5-7-24-15/h5-11H,4H2,1-3H3/b14-9-. The average Bonchev–Trinajstić information content (AvgIpc) is 3.27. The van der Waals surface area contributed by atoms with Gasteiger partial charge in [-0.1, -0.05) is 6.92 Å². The number of methoxy groups -OCH3 is 1. The van der Waals surface area contributed by atoms with Crippen LogP contribution in [0.3, 0.4) is 0 Å². The van der Waals surface area contributed by atoms with E-state index in [-0.39, 0.29) is 17.7 Å². The molecule has 7 heteroatoms. The van der Waals surface area contributed by atoms with Crippen LogP contribution in [0, 0.1) is 0 Å². The summed E-state index contributed by atoms with van der Waals surface area (Å²) in [6.07, 6.45) is 4.04. The molecule has 26 heavy (non-hydrogen) atoms. The van der Waals surface area contributed by atoms with Crippen LogP contribution in [0.15, 0.2) is 50.1 Å². The summed E-state index contributed by atoms with van der Waals surface area (Å²) in [5, 5.41) is 0. The van der Waals surface area contributed by atoms with E-state index >= 15 is 0 Å². The predicted molar refractivity (Wildman–Crippen MR) is 100 cm³/mol. The van der Waals surface area contributed by atoms with Gasteiger partial charge in [0.15, 0.2) is 23.0 Å². The Morgan fingerprint density at radius 2 is 2.19 bits per heavy atom. The van der Waals surface area contributed by atoms with Crippen LogP contribution in [0.5, 0.6) is 11.5 Å². The third-order valence-corrected chi connectivity index (χ3v) is 4.39. The first-order valence-electron chi connectivity index (χ1n) is 8.12. The molecule has 0 saturated heterocycles. The first-order valence-corrected chi connectivity index (χ1v) is 8.91. The molecule has 6 nitrogen and oxygen atoms in total. The number of furan rings is 1. The quantitative estimate of drug-likeness (QED) is 0.506. The van der Waals surface area contributed by atoms with Crippen molar-refractivity contribution in [2.45, 2.75) is 26.4 Å². The van der Waals surface area contributed by atoms with Crippen molar-refractivity contribution in [3.63, 3.8) is 0 Å². The molecule has 1 aliphatic rings. The highest BCUT2D eigenvalue weighted by Gasteiger charge is 2.26. The Morgan fingerprint density at radius 3 is 2.85 bits per heavy atom. The summed E-state index contributed by atoms with van der Waals surface area (Å²) >= 11 is 3.50. The molecular weight excluding hydrogens is 402 g/mol. The maximum absolute atomic E-state index is 12.1. The van der Waals surface area contributed by atoms with Crippen LogP contribution in [-0.4, -0.2) is 25.1 Å². The van der Waals surface area contributed by atoms with Crippen molar-refractivity contribution < 1.29 is 23.4 Å². The number of esters is 1. The molecule has 0 radical (unpaired) electrons. The van der Waals surface area contributed by atoms with Gasteiger partial charge in [-0.15, -0.1) is 0 Å². The van der Waals surface area contributed by atoms with Crippen molar-refractivity contribution in [2.75, 3.05) is 7.11 Å². The van der Waals surface area contributed by atoms with E-state index in [0.717, 1.165) is 16.5 Å². The topological polar surface area (TPSA) is 70.3 Å². The summed E-state index contributed by atoms with van der Waals surface area (Å²) in [4.78, 5) is 16.3. The number of aliphatic imine (C=N–C) groups is 1. The Bertz CT molecular complexity index is 870. The zero-order valence-electron chi connectivity index (χ0n) is 14.6. The monoisotopic (exact) mass is 419 g/mol. The Balaban J connectivity index is 1.93. The zero-order chi connectivity index (χ0) is 18.7. The molecule has 1 atom stereocenters. The lowest BCUT2D eigenvalue weighted by atomic mass is 10.1. The summed E-state index contributed by atoms with van der Waals surface area (Å²) in [5.41, 5.74) is 0.905. The van der Waals surface area contributed by atoms with Gasteiger partial charge in [-0.2, -0.15) is 0 Å². The number of rotatable bonds is 6. The second-order valence-electron chi connectivity index (χ2n) is 5.68. The normalized spacial score (nSPS) is 16.4. The molecule has 1 aromatic carbocycles. The van der Waals surface area contributed by atoms with E-state index in [4.69, 9.17) is 18.6 Å². The number of benzene rings is 1. The minimum atomic E-state index is -0.536. The SMILES string of the molecule is CCC(C)Oc1c(Br)cc(/C=C2\N=C(c3ccco3)OC2=O)cc1OC. The molecule has 0 saturated carbocycles. The second-order valence-corrected chi connectivity index (χ2v) is 6.54. The predicted octanol–water partition coefficient (Wildman–Crippen LogP) is 4.57. The number of halogens is 1. The van der Waals surface area contributed by atoms with Crippen LogP contribution >= 0.6 is 15.9 Å². The maximum atomic E-state index is 12.1. The van der Waals surface area contributed by atoms with Gasteiger partial charge in [0, 0.05) is 0 Å². The second kappa shape index (κ2) is 7.78. The Kier molecular flexibility index (Phi) is 5.46. The fourth-order valence-corrected chi connectivity index (χ4v) is 2.85. The van der Waals surface area contributed by atoms with Crippen molar-refractivity contribution >= 4 is 33.9 Å². The minimum absolute atomic E-state index is 0.0506. The molecule has 136 valence electrons. The number of hydrogen-bond donors (Lipinski definition) is 0. The molecule has 0 N–H and O–H groups in total. The highest BCUT2D eigenvalue weighted by Crippen LogP contribution is 2.38. The van der Waals surface area contributed by atoms with E-state index in [1.165, 1.54) is 6.26 Å². The lowest BCUT2D eigenvalue weighted by Gasteiger charge is -2.17. The van der Waals surface area contributed by atoms with Crippen LogP contribution in [0.2, 0.25) is 0 Å². The van der Waals surface area contributed by atoms with Crippen LogP contribution in [0.1, 0.15) is 31.6 Å². The van der Waals surface area contributed by atoms with Crippen molar-refractivity contribution in [3.05, 3.63) is 52.0 Å². The molecule has 0 spiro atoms. The van der Waals surface area contributed by atoms with Crippen LogP contribution < -0.4 is 9.47 Å². The smallest absolute Gasteiger partial charge is 0.363 e. The molecule has 0 bridgehead atoms. The summed E-state index contributed by atoms with van der Waals surface area (Å²) < 4.78 is 22.4. The van der Waals surface area contributed by atoms with Crippen LogP contribution in [0.25, 0.3) is 6.08 Å². The van der Waals surface area contributed by atoms with E-state index in [2.05, 4.69) is 20.9 Å². The molecule has 1 unspecified atom stereocenters. The third kappa shape index (κ3) is 3.83. The molecule has 0 fully saturated rings. The van der Waals surface area contributed by atoms with Gasteiger partial charge in [-0.3, -0.25) is 0 Å². The lowest BCUT2D eigenvalue weighted by Crippen LogP contribution is -2.11. The van der Waals surface area contributed by atoms with Gasteiger partial charge >= 0.3 is 5.97 Å². The van der Waals surface area contributed by atoms with Gasteiger partial charge < -0.3 is 18.6 Å². The number of nitrogens with zero attached hydrogens (tertiary/aromatic N) is 1. The van der Waals surface area contributed by atoms with Gasteiger partial charge in [-0.05, 0) is 65.2 Å². The number of cyclic esters (lactones) is 1. The number of carbonyl (C=O) groups excluding carboxylic acids is 1. The van der Waals surface area contributed by atoms with E-state index in [1.807, 2.05) is 19.9 Å². The molecular formula is C19H18BrNO5. The molecule has 0 amide bonds. The van der Waals surface area contributed by atoms with Gasteiger partial charge in [0.2, 0.25) is 0 Å². The Hall–Kier alpha value is -2.54. The van der Waals surface area contributed by atoms with Crippen LogP contribution in [0.4, 0.5) is 0 Å². The summed E-state index contributed by atoms with van der Waals surface area (Å²) in [6, 6.07) is 6.99. The number of ether oxygens (including phenoxy) is 3. The molecule has 2 aromatic rings. The average molecular weight is 420 g/mol. The van der Waals surface area contributed by atoms with Crippen molar-refractivity contribution in [1.29, 1.82) is 0 Å². The Morgan fingerprint density at radius 1 is 1.38 bits per heavy atom. The summed E-state index contributed by atoms with van der Waals surface area (Å²) in [5.74, 6) is 1.20. The van der Waals surface area contributed by atoms with Gasteiger partial charge in [0.1, 0.15) is 0 Å². The first kappa shape index (κ1) is 18.3. The van der Waals surface area contributed by atoms with E-state index in [0.29, 0.717) is 17.3 Å². The van der Waals surface area contributed by atoms with Crippen molar-refractivity contribution in [3.8, 4) is 11.5 Å². The van der Waals surface area contributed by atoms with Gasteiger partial charge in [-0.25, -0.2) is 9.79 Å².